The van der Waals surface area contributed by atoms with Crippen molar-refractivity contribution in [2.45, 2.75) is 0 Å². The minimum atomic E-state index is -0.242. The van der Waals surface area contributed by atoms with Crippen LogP contribution in [0.2, 0.25) is 0 Å². The molecule has 11 heavy (non-hydrogen) atoms. The van der Waals surface area contributed by atoms with E-state index in [2.05, 4.69) is 20.3 Å². The molecule has 0 aromatic carbocycles. The molecule has 0 aliphatic carbocycles. The lowest BCUT2D eigenvalue weighted by Gasteiger charge is -1.98. The van der Waals surface area contributed by atoms with Crippen LogP contribution in [-0.4, -0.2) is 24.8 Å². The molecule has 2 N–H and O–H groups in total. The zero-order chi connectivity index (χ0) is 8.10. The zero-order valence-corrected chi connectivity index (χ0v) is 6.13. The summed E-state index contributed by atoms with van der Waals surface area (Å²) < 4.78 is 4.48. The van der Waals surface area contributed by atoms with Crippen molar-refractivity contribution in [2.24, 2.45) is 0 Å². The highest BCUT2D eigenvalue weighted by Gasteiger charge is 2.05. The van der Waals surface area contributed by atoms with Crippen LogP contribution >= 0.6 is 0 Å². The Morgan fingerprint density at radius 1 is 1.82 bits per heavy atom. The van der Waals surface area contributed by atoms with E-state index in [0.29, 0.717) is 12.4 Å². The van der Waals surface area contributed by atoms with Crippen molar-refractivity contribution in [1.82, 2.24) is 15.8 Å². The Morgan fingerprint density at radius 3 is 3.18 bits per heavy atom. The van der Waals surface area contributed by atoms with E-state index in [-0.39, 0.29) is 5.91 Å². The molecule has 0 unspecified atom stereocenters. The maximum atomic E-state index is 11.0. The Labute approximate surface area is 63.8 Å². The van der Waals surface area contributed by atoms with Crippen molar-refractivity contribution in [3.8, 4) is 0 Å². The summed E-state index contributed by atoms with van der Waals surface area (Å²) in [5.41, 5.74) is 0.292. The molecule has 1 heterocycles. The Morgan fingerprint density at radius 2 is 2.64 bits per heavy atom. The van der Waals surface area contributed by atoms with Crippen LogP contribution in [0.3, 0.4) is 0 Å². The highest BCUT2D eigenvalue weighted by atomic mass is 16.5. The Kier molecular flexibility index (Phi) is 2.62. The number of carbonyl (C=O) groups excluding carboxylic acids is 1. The monoisotopic (exact) mass is 155 g/mol. The highest BCUT2D eigenvalue weighted by molar-refractivity contribution is 5.91. The van der Waals surface area contributed by atoms with Gasteiger partial charge in [0.2, 0.25) is 0 Å². The van der Waals surface area contributed by atoms with Gasteiger partial charge in [0.15, 0.2) is 5.69 Å². The Balaban J connectivity index is 2.43. The molecule has 0 spiro atoms. The van der Waals surface area contributed by atoms with Crippen LogP contribution in [0.4, 0.5) is 0 Å². The second kappa shape index (κ2) is 3.72. The zero-order valence-electron chi connectivity index (χ0n) is 6.13. The van der Waals surface area contributed by atoms with Gasteiger partial charge in [-0.15, -0.1) is 0 Å². The third-order valence-corrected chi connectivity index (χ3v) is 1.10. The summed E-state index contributed by atoms with van der Waals surface area (Å²) in [4.78, 5) is 11.0. The second-order valence-electron chi connectivity index (χ2n) is 1.92. The second-order valence-corrected chi connectivity index (χ2v) is 1.92. The minimum Gasteiger partial charge on any atom is -0.364 e. The molecule has 5 heteroatoms. The van der Waals surface area contributed by atoms with Gasteiger partial charge in [-0.2, -0.15) is 0 Å². The van der Waals surface area contributed by atoms with Gasteiger partial charge in [0.1, 0.15) is 6.26 Å². The van der Waals surface area contributed by atoms with Gasteiger partial charge < -0.3 is 15.2 Å². The van der Waals surface area contributed by atoms with E-state index < -0.39 is 0 Å². The number of hydrogen-bond donors (Lipinski definition) is 2. The molecule has 0 aliphatic rings. The number of amides is 1. The normalized spacial score (nSPS) is 9.55. The first-order chi connectivity index (χ1) is 5.34. The largest absolute Gasteiger partial charge is 0.364 e. The summed E-state index contributed by atoms with van der Waals surface area (Å²) >= 11 is 0. The lowest BCUT2D eigenvalue weighted by Crippen LogP contribution is -2.31. The summed E-state index contributed by atoms with van der Waals surface area (Å²) in [6.07, 6.45) is 1.36. The molecule has 1 aromatic heterocycles. The minimum absolute atomic E-state index is 0.242. The highest BCUT2D eigenvalue weighted by Crippen LogP contribution is 1.92. The molecule has 0 aliphatic heterocycles. The fraction of sp³-hybridized carbons (Fsp3) is 0.333. The van der Waals surface area contributed by atoms with Gasteiger partial charge in [-0.3, -0.25) is 4.79 Å². The van der Waals surface area contributed by atoms with Gasteiger partial charge in [-0.1, -0.05) is 5.16 Å². The van der Waals surface area contributed by atoms with Crippen LogP contribution in [0.5, 0.6) is 0 Å². The molecule has 60 valence electrons. The fourth-order valence-electron chi connectivity index (χ4n) is 0.589. The summed E-state index contributed by atoms with van der Waals surface area (Å²) in [7, 11) is 1.74. The van der Waals surface area contributed by atoms with Crippen LogP contribution in [0, 0.1) is 0 Å². The molecular formula is C6H9N3O2. The molecule has 0 saturated carbocycles. The SMILES string of the molecule is CNCNC(=O)c1ccon1. The van der Waals surface area contributed by atoms with Crippen LogP contribution in [0.25, 0.3) is 0 Å². The van der Waals surface area contributed by atoms with Crippen molar-refractivity contribution in [3.05, 3.63) is 18.0 Å². The molecule has 0 saturated heterocycles. The summed E-state index contributed by atoms with van der Waals surface area (Å²) in [6.45, 7) is 0.422. The van der Waals surface area contributed by atoms with Crippen molar-refractivity contribution in [2.75, 3.05) is 13.7 Å². The van der Waals surface area contributed by atoms with E-state index in [1.165, 1.54) is 12.3 Å². The number of carbonyl (C=O) groups is 1. The van der Waals surface area contributed by atoms with Crippen molar-refractivity contribution < 1.29 is 9.32 Å². The first kappa shape index (κ1) is 7.74. The molecule has 0 radical (unpaired) electrons. The van der Waals surface area contributed by atoms with Gasteiger partial charge in [0.05, 0.1) is 6.67 Å². The Bertz CT molecular complexity index is 220. The molecule has 0 atom stereocenters. The van der Waals surface area contributed by atoms with Crippen molar-refractivity contribution in [1.29, 1.82) is 0 Å². The molecule has 1 aromatic rings. The lowest BCUT2D eigenvalue weighted by molar-refractivity contribution is 0.0942. The maximum Gasteiger partial charge on any atom is 0.274 e. The molecule has 1 rings (SSSR count). The summed E-state index contributed by atoms with van der Waals surface area (Å²) in [5.74, 6) is -0.242. The van der Waals surface area contributed by atoms with E-state index in [1.54, 1.807) is 7.05 Å². The number of hydrogen-bond acceptors (Lipinski definition) is 4. The topological polar surface area (TPSA) is 67.2 Å². The molecule has 1 amide bonds. The van der Waals surface area contributed by atoms with E-state index >= 15 is 0 Å². The van der Waals surface area contributed by atoms with Crippen LogP contribution < -0.4 is 10.6 Å². The quantitative estimate of drug-likeness (QED) is 0.582. The van der Waals surface area contributed by atoms with Gasteiger partial charge in [0, 0.05) is 6.07 Å². The number of nitrogens with one attached hydrogen (secondary N) is 2. The number of nitrogens with zero attached hydrogens (tertiary/aromatic N) is 1. The predicted octanol–water partition coefficient (Wildman–Crippen LogP) is -0.419. The smallest absolute Gasteiger partial charge is 0.274 e. The van der Waals surface area contributed by atoms with E-state index in [1.807, 2.05) is 0 Å². The third-order valence-electron chi connectivity index (χ3n) is 1.10. The molecule has 5 nitrogen and oxygen atoms in total. The van der Waals surface area contributed by atoms with Gasteiger partial charge in [-0.25, -0.2) is 0 Å². The predicted molar refractivity (Wildman–Crippen MR) is 37.9 cm³/mol. The first-order valence-electron chi connectivity index (χ1n) is 3.18. The van der Waals surface area contributed by atoms with Crippen LogP contribution in [0.1, 0.15) is 10.5 Å². The number of aromatic nitrogens is 1. The standard InChI is InChI=1S/C6H9N3O2/c1-7-4-8-6(10)5-2-3-11-9-5/h2-3,7H,4H2,1H3,(H,8,10). The van der Waals surface area contributed by atoms with Gasteiger partial charge in [-0.05, 0) is 7.05 Å². The van der Waals surface area contributed by atoms with Crippen LogP contribution in [0.15, 0.2) is 16.9 Å². The number of rotatable bonds is 3. The average Bonchev–Trinajstić information content (AvgIpc) is 2.52. The maximum absolute atomic E-state index is 11.0. The lowest BCUT2D eigenvalue weighted by atomic mass is 10.4. The average molecular weight is 155 g/mol. The van der Waals surface area contributed by atoms with Crippen molar-refractivity contribution >= 4 is 5.91 Å². The molecule has 0 fully saturated rings. The first-order valence-corrected chi connectivity index (χ1v) is 3.18. The fourth-order valence-corrected chi connectivity index (χ4v) is 0.589. The summed E-state index contributed by atoms with van der Waals surface area (Å²) in [6, 6.07) is 1.50. The molecule has 0 bridgehead atoms. The van der Waals surface area contributed by atoms with Crippen LogP contribution in [-0.2, 0) is 0 Å². The summed E-state index contributed by atoms with van der Waals surface area (Å²) in [5, 5.41) is 8.79. The van der Waals surface area contributed by atoms with Gasteiger partial charge in [0.25, 0.3) is 5.91 Å². The molecular weight excluding hydrogens is 146 g/mol. The van der Waals surface area contributed by atoms with E-state index in [9.17, 15) is 4.79 Å². The third kappa shape index (κ3) is 2.05. The van der Waals surface area contributed by atoms with Crippen molar-refractivity contribution in [3.63, 3.8) is 0 Å². The van der Waals surface area contributed by atoms with Gasteiger partial charge >= 0.3 is 0 Å². The van der Waals surface area contributed by atoms with E-state index in [4.69, 9.17) is 0 Å². The Hall–Kier alpha value is -1.36. The van der Waals surface area contributed by atoms with E-state index in [0.717, 1.165) is 0 Å².